The van der Waals surface area contributed by atoms with Gasteiger partial charge in [-0.3, -0.25) is 9.48 Å². The van der Waals surface area contributed by atoms with E-state index in [4.69, 9.17) is 0 Å². The lowest BCUT2D eigenvalue weighted by molar-refractivity contribution is 0.101. The van der Waals surface area contributed by atoms with Gasteiger partial charge in [-0.2, -0.15) is 5.10 Å². The van der Waals surface area contributed by atoms with Gasteiger partial charge >= 0.3 is 0 Å². The molecule has 4 nitrogen and oxygen atoms in total. The van der Waals surface area contributed by atoms with Crippen LogP contribution in [-0.4, -0.2) is 20.1 Å². The molecule has 0 aliphatic carbocycles. The minimum Gasteiger partial charge on any atom is -0.348 e. The minimum atomic E-state index is 0.100. The van der Waals surface area contributed by atoms with Crippen molar-refractivity contribution in [1.82, 2.24) is 14.3 Å². The van der Waals surface area contributed by atoms with Gasteiger partial charge in [0.25, 0.3) is 0 Å². The molecule has 4 heteroatoms. The molecule has 0 aromatic carbocycles. The highest BCUT2D eigenvalue weighted by Crippen LogP contribution is 2.08. The summed E-state index contributed by atoms with van der Waals surface area (Å²) in [4.78, 5) is 11.2. The van der Waals surface area contributed by atoms with Gasteiger partial charge in [0, 0.05) is 25.0 Å². The predicted octanol–water partition coefficient (Wildman–Crippen LogP) is 2.03. The van der Waals surface area contributed by atoms with Gasteiger partial charge in [0.15, 0.2) is 5.78 Å². The maximum Gasteiger partial charge on any atom is 0.161 e. The molecule has 90 valence electrons. The van der Waals surface area contributed by atoms with Crippen molar-refractivity contribution in [3.05, 3.63) is 41.5 Å². The standard InChI is InChI=1S/C13H17N3O/c1-4-12-7-13(15(3)14-12)9-16-6-5-11(8-16)10(2)17/h5-8H,4,9H2,1-3H3. The first kappa shape index (κ1) is 11.6. The zero-order chi connectivity index (χ0) is 12.4. The topological polar surface area (TPSA) is 39.8 Å². The number of hydrogen-bond donors (Lipinski definition) is 0. The molecule has 0 amide bonds. The van der Waals surface area contributed by atoms with Crippen molar-refractivity contribution in [2.45, 2.75) is 26.8 Å². The highest BCUT2D eigenvalue weighted by Gasteiger charge is 2.06. The number of aromatic nitrogens is 3. The maximum atomic E-state index is 11.2. The maximum absolute atomic E-state index is 11.2. The van der Waals surface area contributed by atoms with Crippen LogP contribution in [0.5, 0.6) is 0 Å². The van der Waals surface area contributed by atoms with Gasteiger partial charge in [-0.05, 0) is 25.5 Å². The normalized spacial score (nSPS) is 10.8. The zero-order valence-electron chi connectivity index (χ0n) is 10.5. The van der Waals surface area contributed by atoms with Crippen molar-refractivity contribution in [2.75, 3.05) is 0 Å². The van der Waals surface area contributed by atoms with Crippen molar-refractivity contribution in [1.29, 1.82) is 0 Å². The van der Waals surface area contributed by atoms with Crippen molar-refractivity contribution in [3.63, 3.8) is 0 Å². The highest BCUT2D eigenvalue weighted by molar-refractivity contribution is 5.93. The summed E-state index contributed by atoms with van der Waals surface area (Å²) in [6.07, 6.45) is 4.74. The predicted molar refractivity (Wildman–Crippen MR) is 66.1 cm³/mol. The van der Waals surface area contributed by atoms with E-state index < -0.39 is 0 Å². The number of carbonyl (C=O) groups is 1. The lowest BCUT2D eigenvalue weighted by Crippen LogP contribution is -2.03. The van der Waals surface area contributed by atoms with Crippen LogP contribution in [0.1, 0.15) is 35.6 Å². The second kappa shape index (κ2) is 4.57. The summed E-state index contributed by atoms with van der Waals surface area (Å²) in [5, 5.41) is 4.40. The van der Waals surface area contributed by atoms with Crippen LogP contribution in [0.4, 0.5) is 0 Å². The van der Waals surface area contributed by atoms with E-state index in [1.807, 2.05) is 34.8 Å². The van der Waals surface area contributed by atoms with Crippen LogP contribution in [-0.2, 0) is 20.0 Å². The quantitative estimate of drug-likeness (QED) is 0.755. The third-order valence-electron chi connectivity index (χ3n) is 2.89. The Morgan fingerprint density at radius 2 is 2.24 bits per heavy atom. The van der Waals surface area contributed by atoms with E-state index >= 15 is 0 Å². The van der Waals surface area contributed by atoms with Crippen LogP contribution in [0.2, 0.25) is 0 Å². The van der Waals surface area contributed by atoms with Crippen LogP contribution < -0.4 is 0 Å². The van der Waals surface area contributed by atoms with Crippen molar-refractivity contribution < 1.29 is 4.79 Å². The van der Waals surface area contributed by atoms with Crippen LogP contribution >= 0.6 is 0 Å². The molecule has 0 N–H and O–H groups in total. The second-order valence-electron chi connectivity index (χ2n) is 4.23. The minimum absolute atomic E-state index is 0.100. The van der Waals surface area contributed by atoms with Crippen LogP contribution in [0.3, 0.4) is 0 Å². The first-order valence-electron chi connectivity index (χ1n) is 5.78. The number of ketones is 1. The Bertz CT molecular complexity index is 537. The number of Topliss-reactive ketones (excluding diaryl/α,β-unsaturated/α-hetero) is 1. The van der Waals surface area contributed by atoms with E-state index in [1.165, 1.54) is 0 Å². The molecule has 17 heavy (non-hydrogen) atoms. The molecule has 0 radical (unpaired) electrons. The summed E-state index contributed by atoms with van der Waals surface area (Å²) in [7, 11) is 1.95. The monoisotopic (exact) mass is 231 g/mol. The average Bonchev–Trinajstić information content (AvgIpc) is 2.87. The fourth-order valence-corrected chi connectivity index (χ4v) is 1.83. The SMILES string of the molecule is CCc1cc(Cn2ccc(C(C)=O)c2)n(C)n1. The summed E-state index contributed by atoms with van der Waals surface area (Å²) < 4.78 is 3.90. The molecule has 0 saturated carbocycles. The Morgan fingerprint density at radius 3 is 2.76 bits per heavy atom. The van der Waals surface area contributed by atoms with Crippen LogP contribution in [0, 0.1) is 0 Å². The molecule has 2 rings (SSSR count). The third-order valence-corrected chi connectivity index (χ3v) is 2.89. The molecule has 0 aliphatic heterocycles. The van der Waals surface area contributed by atoms with E-state index in [2.05, 4.69) is 18.1 Å². The fraction of sp³-hybridized carbons (Fsp3) is 0.385. The summed E-state index contributed by atoms with van der Waals surface area (Å²) in [5.41, 5.74) is 3.00. The zero-order valence-corrected chi connectivity index (χ0v) is 10.5. The molecule has 2 aromatic rings. The largest absolute Gasteiger partial charge is 0.348 e. The van der Waals surface area contributed by atoms with Crippen molar-refractivity contribution in [2.24, 2.45) is 7.05 Å². The number of nitrogens with zero attached hydrogens (tertiary/aromatic N) is 3. The molecule has 2 heterocycles. The molecule has 0 fully saturated rings. The van der Waals surface area contributed by atoms with Crippen LogP contribution in [0.15, 0.2) is 24.5 Å². The Kier molecular flexibility index (Phi) is 3.13. The Morgan fingerprint density at radius 1 is 1.47 bits per heavy atom. The van der Waals surface area contributed by atoms with Crippen LogP contribution in [0.25, 0.3) is 0 Å². The van der Waals surface area contributed by atoms with E-state index in [0.29, 0.717) is 0 Å². The number of hydrogen-bond acceptors (Lipinski definition) is 2. The molecule has 0 atom stereocenters. The lowest BCUT2D eigenvalue weighted by atomic mass is 10.2. The number of carbonyl (C=O) groups excluding carboxylic acids is 1. The average molecular weight is 231 g/mol. The van der Waals surface area contributed by atoms with Gasteiger partial charge in [0.1, 0.15) is 0 Å². The molecule has 2 aromatic heterocycles. The Labute approximate surface area is 101 Å². The van der Waals surface area contributed by atoms with Crippen molar-refractivity contribution in [3.8, 4) is 0 Å². The fourth-order valence-electron chi connectivity index (χ4n) is 1.83. The summed E-state index contributed by atoms with van der Waals surface area (Å²) >= 11 is 0. The van der Waals surface area contributed by atoms with Gasteiger partial charge in [-0.25, -0.2) is 0 Å². The van der Waals surface area contributed by atoms with E-state index in [9.17, 15) is 4.79 Å². The summed E-state index contributed by atoms with van der Waals surface area (Å²) in [6.45, 7) is 4.42. The smallest absolute Gasteiger partial charge is 0.161 e. The molecule has 0 saturated heterocycles. The van der Waals surface area contributed by atoms with Crippen molar-refractivity contribution >= 4 is 5.78 Å². The lowest BCUT2D eigenvalue weighted by Gasteiger charge is -2.02. The second-order valence-corrected chi connectivity index (χ2v) is 4.23. The molecule has 0 aliphatic rings. The van der Waals surface area contributed by atoms with E-state index in [0.717, 1.165) is 29.9 Å². The van der Waals surface area contributed by atoms with Gasteiger partial charge in [-0.1, -0.05) is 6.92 Å². The Balaban J connectivity index is 2.19. The highest BCUT2D eigenvalue weighted by atomic mass is 16.1. The molecular formula is C13H17N3O. The third kappa shape index (κ3) is 2.46. The summed E-state index contributed by atoms with van der Waals surface area (Å²) in [5.74, 6) is 0.100. The number of rotatable bonds is 4. The Hall–Kier alpha value is -1.84. The van der Waals surface area contributed by atoms with E-state index in [1.54, 1.807) is 6.92 Å². The van der Waals surface area contributed by atoms with Gasteiger partial charge in [0.2, 0.25) is 0 Å². The van der Waals surface area contributed by atoms with Gasteiger partial charge in [0.05, 0.1) is 17.9 Å². The van der Waals surface area contributed by atoms with Gasteiger partial charge < -0.3 is 4.57 Å². The first-order valence-corrected chi connectivity index (χ1v) is 5.78. The molecule has 0 bridgehead atoms. The molecular weight excluding hydrogens is 214 g/mol. The van der Waals surface area contributed by atoms with Gasteiger partial charge in [-0.15, -0.1) is 0 Å². The number of aryl methyl sites for hydroxylation is 2. The molecule has 0 spiro atoms. The van der Waals surface area contributed by atoms with E-state index in [-0.39, 0.29) is 5.78 Å². The molecule has 0 unspecified atom stereocenters. The summed E-state index contributed by atoms with van der Waals surface area (Å²) in [6, 6.07) is 3.95. The first-order chi connectivity index (χ1) is 8.10.